The molecule has 1 aromatic rings. The van der Waals surface area contributed by atoms with Crippen LogP contribution in [0, 0.1) is 0 Å². The number of quaternary nitrogens is 2. The Bertz CT molecular complexity index is 479. The summed E-state index contributed by atoms with van der Waals surface area (Å²) in [6.45, 7) is 7.44. The van der Waals surface area contributed by atoms with Crippen molar-refractivity contribution in [1.82, 2.24) is 5.43 Å². The van der Waals surface area contributed by atoms with Gasteiger partial charge in [0, 0.05) is 12.0 Å². The van der Waals surface area contributed by atoms with Crippen LogP contribution in [0.1, 0.15) is 30.4 Å². The number of fused-ring (bicyclic) bond motifs is 1. The van der Waals surface area contributed by atoms with Gasteiger partial charge in [0.25, 0.3) is 0 Å². The molecule has 2 aliphatic heterocycles. The minimum absolute atomic E-state index is 1.08. The zero-order valence-electron chi connectivity index (χ0n) is 13.8. The molecule has 1 atom stereocenters. The first-order valence-electron chi connectivity index (χ1n) is 8.59. The van der Waals surface area contributed by atoms with Crippen LogP contribution in [0.2, 0.25) is 0 Å². The average Bonchev–Trinajstić information content (AvgIpc) is 2.47. The summed E-state index contributed by atoms with van der Waals surface area (Å²) in [6.07, 6.45) is 5.41. The molecule has 0 bridgehead atoms. The van der Waals surface area contributed by atoms with Gasteiger partial charge in [-0.1, -0.05) is 24.3 Å². The highest BCUT2D eigenvalue weighted by Crippen LogP contribution is 2.23. The Morgan fingerprint density at radius 1 is 0.952 bits per heavy atom. The van der Waals surface area contributed by atoms with E-state index in [1.54, 1.807) is 11.1 Å². The van der Waals surface area contributed by atoms with E-state index in [0.29, 0.717) is 0 Å². The first kappa shape index (κ1) is 15.0. The van der Waals surface area contributed by atoms with Crippen LogP contribution in [-0.2, 0) is 13.0 Å². The molecule has 0 radical (unpaired) electrons. The number of piperidine rings is 1. The molecule has 1 fully saturated rings. The van der Waals surface area contributed by atoms with Gasteiger partial charge in [0.1, 0.15) is 6.54 Å². The summed E-state index contributed by atoms with van der Waals surface area (Å²) in [6, 6.07) is 8.98. The van der Waals surface area contributed by atoms with Crippen molar-refractivity contribution < 1.29 is 9.08 Å². The minimum Gasteiger partial charge on any atom is -0.321 e. The Morgan fingerprint density at radius 3 is 2.43 bits per heavy atom. The molecule has 0 spiro atoms. The van der Waals surface area contributed by atoms with E-state index in [2.05, 4.69) is 43.8 Å². The van der Waals surface area contributed by atoms with Gasteiger partial charge in [-0.25, -0.2) is 4.59 Å². The topological polar surface area (TPSA) is 12.0 Å². The van der Waals surface area contributed by atoms with Crippen molar-refractivity contribution in [2.75, 3.05) is 46.8 Å². The van der Waals surface area contributed by atoms with Crippen molar-refractivity contribution in [3.05, 3.63) is 35.4 Å². The lowest BCUT2D eigenvalue weighted by Crippen LogP contribution is -2.60. The van der Waals surface area contributed by atoms with Crippen molar-refractivity contribution in [1.29, 1.82) is 0 Å². The normalized spacial score (nSPS) is 28.1. The highest BCUT2D eigenvalue weighted by molar-refractivity contribution is 5.27. The molecular formula is C18H31N3+2. The molecule has 1 N–H and O–H groups in total. The fraction of sp³-hybridized carbons (Fsp3) is 0.667. The molecule has 3 nitrogen and oxygen atoms in total. The Labute approximate surface area is 129 Å². The van der Waals surface area contributed by atoms with Crippen molar-refractivity contribution >= 4 is 0 Å². The monoisotopic (exact) mass is 289 g/mol. The largest absolute Gasteiger partial charge is 0.321 e. The summed E-state index contributed by atoms with van der Waals surface area (Å²) in [5.41, 5.74) is 6.94. The number of hydrogen-bond donors (Lipinski definition) is 1. The molecule has 0 aliphatic carbocycles. The molecule has 116 valence electrons. The smallest absolute Gasteiger partial charge is 0.104 e. The van der Waals surface area contributed by atoms with E-state index in [1.165, 1.54) is 62.9 Å². The fourth-order valence-electron chi connectivity index (χ4n) is 3.99. The molecule has 21 heavy (non-hydrogen) atoms. The Kier molecular flexibility index (Phi) is 4.34. The van der Waals surface area contributed by atoms with Gasteiger partial charge in [-0.3, -0.25) is 0 Å². The van der Waals surface area contributed by atoms with E-state index in [1.807, 2.05) is 0 Å². The summed E-state index contributed by atoms with van der Waals surface area (Å²) < 4.78 is 2.26. The molecule has 1 aromatic carbocycles. The van der Waals surface area contributed by atoms with Crippen LogP contribution in [0.5, 0.6) is 0 Å². The molecule has 2 aliphatic rings. The predicted molar refractivity (Wildman–Crippen MR) is 87.5 cm³/mol. The SMILES string of the molecule is C[N+]1(NCC[N@+]2(C)CCc3ccccc3C2)CCCCC1. The molecule has 3 rings (SSSR count). The van der Waals surface area contributed by atoms with E-state index in [-0.39, 0.29) is 0 Å². The highest BCUT2D eigenvalue weighted by Gasteiger charge is 2.30. The molecule has 0 unspecified atom stereocenters. The van der Waals surface area contributed by atoms with Crippen molar-refractivity contribution in [2.45, 2.75) is 32.2 Å². The van der Waals surface area contributed by atoms with Crippen molar-refractivity contribution in [2.24, 2.45) is 0 Å². The van der Waals surface area contributed by atoms with Crippen LogP contribution < -0.4 is 5.43 Å². The van der Waals surface area contributed by atoms with Gasteiger partial charge in [-0.05, 0) is 24.8 Å². The zero-order chi connectivity index (χ0) is 14.8. The van der Waals surface area contributed by atoms with Gasteiger partial charge >= 0.3 is 0 Å². The van der Waals surface area contributed by atoms with Gasteiger partial charge in [0.2, 0.25) is 0 Å². The summed E-state index contributed by atoms with van der Waals surface area (Å²) in [5.74, 6) is 0. The standard InChI is InChI=1S/C18H31N3/c1-20(14-10-17-8-4-5-9-18(17)16-20)15-11-19-21(2)12-6-3-7-13-21/h4-5,8-9,19H,3,6-7,10-16H2,1-2H3/q+2/t20-/m0/s1. The number of likely N-dealkylation sites (tertiary alicyclic amines) is 1. The minimum atomic E-state index is 1.08. The first-order chi connectivity index (χ1) is 10.1. The summed E-state index contributed by atoms with van der Waals surface area (Å²) >= 11 is 0. The number of rotatable bonds is 4. The van der Waals surface area contributed by atoms with Gasteiger partial charge in [0.05, 0.1) is 46.8 Å². The fourth-order valence-corrected chi connectivity index (χ4v) is 3.99. The van der Waals surface area contributed by atoms with E-state index in [4.69, 9.17) is 0 Å². The quantitative estimate of drug-likeness (QED) is 0.839. The number of nitrogens with zero attached hydrogens (tertiary/aromatic N) is 2. The highest BCUT2D eigenvalue weighted by atomic mass is 15.6. The van der Waals surface area contributed by atoms with Crippen LogP contribution in [-0.4, -0.2) is 55.9 Å². The van der Waals surface area contributed by atoms with E-state index in [9.17, 15) is 0 Å². The van der Waals surface area contributed by atoms with Crippen molar-refractivity contribution in [3.8, 4) is 0 Å². The van der Waals surface area contributed by atoms with E-state index < -0.39 is 0 Å². The second-order valence-electron chi connectivity index (χ2n) is 7.56. The lowest BCUT2D eigenvalue weighted by atomic mass is 9.98. The summed E-state index contributed by atoms with van der Waals surface area (Å²) in [5, 5.41) is 0. The van der Waals surface area contributed by atoms with Gasteiger partial charge < -0.3 is 4.48 Å². The Balaban J connectivity index is 1.53. The van der Waals surface area contributed by atoms with Crippen LogP contribution in [0.15, 0.2) is 24.3 Å². The Morgan fingerprint density at radius 2 is 1.67 bits per heavy atom. The van der Waals surface area contributed by atoms with Gasteiger partial charge in [-0.15, -0.1) is 0 Å². The molecule has 0 saturated carbocycles. The maximum absolute atomic E-state index is 3.82. The van der Waals surface area contributed by atoms with Gasteiger partial charge in [0.15, 0.2) is 0 Å². The summed E-state index contributed by atoms with van der Waals surface area (Å²) in [7, 11) is 4.79. The second-order valence-corrected chi connectivity index (χ2v) is 7.56. The molecule has 0 amide bonds. The third-order valence-electron chi connectivity index (χ3n) is 5.54. The van der Waals surface area contributed by atoms with E-state index >= 15 is 0 Å². The molecule has 2 heterocycles. The number of hydrogen-bond acceptors (Lipinski definition) is 1. The van der Waals surface area contributed by atoms with Crippen LogP contribution >= 0.6 is 0 Å². The molecule has 0 aromatic heterocycles. The number of likely N-dealkylation sites (N-methyl/N-ethyl adjacent to an activating group) is 1. The van der Waals surface area contributed by atoms with E-state index in [0.717, 1.165) is 11.1 Å². The van der Waals surface area contributed by atoms with Gasteiger partial charge in [-0.2, -0.15) is 5.43 Å². The average molecular weight is 289 g/mol. The predicted octanol–water partition coefficient (Wildman–Crippen LogP) is 2.32. The molecule has 3 heteroatoms. The maximum atomic E-state index is 3.82. The summed E-state index contributed by atoms with van der Waals surface area (Å²) in [4.78, 5) is 0. The van der Waals surface area contributed by atoms with Crippen molar-refractivity contribution in [3.63, 3.8) is 0 Å². The Hall–Kier alpha value is -0.900. The molecular weight excluding hydrogens is 258 g/mol. The third-order valence-corrected chi connectivity index (χ3v) is 5.54. The zero-order valence-corrected chi connectivity index (χ0v) is 13.8. The van der Waals surface area contributed by atoms with Crippen LogP contribution in [0.4, 0.5) is 0 Å². The molecule has 1 saturated heterocycles. The first-order valence-corrected chi connectivity index (χ1v) is 8.59. The van der Waals surface area contributed by atoms with Crippen LogP contribution in [0.3, 0.4) is 0 Å². The lowest BCUT2D eigenvalue weighted by molar-refractivity contribution is -0.965. The van der Waals surface area contributed by atoms with Crippen LogP contribution in [0.25, 0.3) is 0 Å². The second kappa shape index (κ2) is 6.07. The third kappa shape index (κ3) is 3.65. The lowest BCUT2D eigenvalue weighted by Gasteiger charge is -2.41. The number of benzene rings is 1. The maximum Gasteiger partial charge on any atom is 0.104 e. The number of nitrogens with one attached hydrogen (secondary N) is 1.